The van der Waals surface area contributed by atoms with E-state index in [-0.39, 0.29) is 24.4 Å². The van der Waals surface area contributed by atoms with Gasteiger partial charge in [-0.05, 0) is 37.0 Å². The van der Waals surface area contributed by atoms with Gasteiger partial charge in [0.1, 0.15) is 6.61 Å². The van der Waals surface area contributed by atoms with Crippen molar-refractivity contribution in [1.82, 2.24) is 4.90 Å². The molecule has 1 unspecified atom stereocenters. The summed E-state index contributed by atoms with van der Waals surface area (Å²) in [5.74, 6) is 1.38. The van der Waals surface area contributed by atoms with Crippen LogP contribution in [0.15, 0.2) is 42.5 Å². The largest absolute Gasteiger partial charge is 0.493 e. The van der Waals surface area contributed by atoms with Crippen molar-refractivity contribution in [2.45, 2.75) is 31.9 Å². The average Bonchev–Trinajstić information content (AvgIpc) is 2.77. The Hall–Kier alpha value is -2.44. The van der Waals surface area contributed by atoms with Crippen LogP contribution in [0.25, 0.3) is 0 Å². The van der Waals surface area contributed by atoms with Crippen LogP contribution < -0.4 is 19.9 Å². The highest BCUT2D eigenvalue weighted by molar-refractivity contribution is 5.96. The molecule has 0 bridgehead atoms. The van der Waals surface area contributed by atoms with Crippen LogP contribution >= 0.6 is 12.4 Å². The van der Waals surface area contributed by atoms with Crippen molar-refractivity contribution in [2.75, 3.05) is 27.3 Å². The Kier molecular flexibility index (Phi) is 8.61. The SMILES string of the molecule is COc1cc(C(=O)N2CCCCC2CN)cc(OC)c1OCc1ccccc1.Cl. The highest BCUT2D eigenvalue weighted by Gasteiger charge is 2.28. The van der Waals surface area contributed by atoms with Gasteiger partial charge >= 0.3 is 0 Å². The third kappa shape index (κ3) is 5.34. The second-order valence-corrected chi connectivity index (χ2v) is 6.87. The second kappa shape index (κ2) is 10.9. The van der Waals surface area contributed by atoms with E-state index in [0.29, 0.717) is 36.0 Å². The fourth-order valence-electron chi connectivity index (χ4n) is 3.55. The lowest BCUT2D eigenvalue weighted by atomic mass is 10.0. The fourth-order valence-corrected chi connectivity index (χ4v) is 3.55. The molecule has 1 aliphatic rings. The van der Waals surface area contributed by atoms with Crippen molar-refractivity contribution < 1.29 is 19.0 Å². The zero-order chi connectivity index (χ0) is 19.9. The van der Waals surface area contributed by atoms with E-state index < -0.39 is 0 Å². The maximum Gasteiger partial charge on any atom is 0.254 e. The van der Waals surface area contributed by atoms with E-state index in [0.717, 1.165) is 31.4 Å². The lowest BCUT2D eigenvalue weighted by Crippen LogP contribution is -2.47. The minimum Gasteiger partial charge on any atom is -0.493 e. The smallest absolute Gasteiger partial charge is 0.254 e. The van der Waals surface area contributed by atoms with Gasteiger partial charge in [-0.2, -0.15) is 0 Å². The van der Waals surface area contributed by atoms with Gasteiger partial charge in [0.15, 0.2) is 11.5 Å². The van der Waals surface area contributed by atoms with Crippen molar-refractivity contribution in [3.63, 3.8) is 0 Å². The van der Waals surface area contributed by atoms with E-state index in [1.165, 1.54) is 0 Å². The van der Waals surface area contributed by atoms with Gasteiger partial charge in [-0.1, -0.05) is 30.3 Å². The highest BCUT2D eigenvalue weighted by Crippen LogP contribution is 2.39. The summed E-state index contributed by atoms with van der Waals surface area (Å²) in [5.41, 5.74) is 7.43. The molecule has 1 fully saturated rings. The minimum atomic E-state index is -0.0543. The van der Waals surface area contributed by atoms with Crippen molar-refractivity contribution >= 4 is 18.3 Å². The van der Waals surface area contributed by atoms with Gasteiger partial charge in [0, 0.05) is 24.7 Å². The van der Waals surface area contributed by atoms with Gasteiger partial charge in [0.2, 0.25) is 5.75 Å². The average molecular weight is 421 g/mol. The molecule has 29 heavy (non-hydrogen) atoms. The number of hydrogen-bond acceptors (Lipinski definition) is 5. The summed E-state index contributed by atoms with van der Waals surface area (Å²) in [5, 5.41) is 0. The van der Waals surface area contributed by atoms with Gasteiger partial charge < -0.3 is 24.8 Å². The standard InChI is InChI=1S/C22H28N2O4.ClH/c1-26-19-12-17(22(25)24-11-7-6-10-18(24)14-23)13-20(27-2)21(19)28-15-16-8-4-3-5-9-16;/h3-5,8-9,12-13,18H,6-7,10-11,14-15,23H2,1-2H3;1H. The first-order chi connectivity index (χ1) is 13.7. The Balaban J connectivity index is 0.00000300. The highest BCUT2D eigenvalue weighted by atomic mass is 35.5. The van der Waals surface area contributed by atoms with Crippen LogP contribution in [0.2, 0.25) is 0 Å². The summed E-state index contributed by atoms with van der Waals surface area (Å²) >= 11 is 0. The molecule has 1 aliphatic heterocycles. The molecule has 2 aromatic carbocycles. The molecule has 6 nitrogen and oxygen atoms in total. The van der Waals surface area contributed by atoms with Crippen LogP contribution in [0.5, 0.6) is 17.2 Å². The number of amides is 1. The molecule has 0 aliphatic carbocycles. The van der Waals surface area contributed by atoms with E-state index in [1.807, 2.05) is 35.2 Å². The predicted molar refractivity (Wildman–Crippen MR) is 115 cm³/mol. The van der Waals surface area contributed by atoms with E-state index >= 15 is 0 Å². The van der Waals surface area contributed by atoms with Crippen LogP contribution in [0.4, 0.5) is 0 Å². The zero-order valence-electron chi connectivity index (χ0n) is 16.9. The topological polar surface area (TPSA) is 74.0 Å². The van der Waals surface area contributed by atoms with Gasteiger partial charge in [0.25, 0.3) is 5.91 Å². The maximum atomic E-state index is 13.1. The lowest BCUT2D eigenvalue weighted by Gasteiger charge is -2.35. The van der Waals surface area contributed by atoms with Gasteiger partial charge in [-0.3, -0.25) is 4.79 Å². The number of halogens is 1. The Morgan fingerprint density at radius 3 is 2.34 bits per heavy atom. The predicted octanol–water partition coefficient (Wildman–Crippen LogP) is 3.66. The Bertz CT molecular complexity index is 776. The van der Waals surface area contributed by atoms with Crippen molar-refractivity contribution in [2.24, 2.45) is 5.73 Å². The minimum absolute atomic E-state index is 0. The van der Waals surface area contributed by atoms with Crippen molar-refractivity contribution in [3.05, 3.63) is 53.6 Å². The van der Waals surface area contributed by atoms with Gasteiger partial charge in [0.05, 0.1) is 14.2 Å². The Morgan fingerprint density at radius 2 is 1.76 bits per heavy atom. The number of ether oxygens (including phenoxy) is 3. The summed E-state index contributed by atoms with van der Waals surface area (Å²) in [7, 11) is 3.12. The number of nitrogens with two attached hydrogens (primary N) is 1. The van der Waals surface area contributed by atoms with Crippen LogP contribution in [-0.2, 0) is 6.61 Å². The molecule has 2 aromatic rings. The maximum absolute atomic E-state index is 13.1. The number of benzene rings is 2. The third-order valence-electron chi connectivity index (χ3n) is 5.09. The normalized spacial score (nSPS) is 16.0. The number of nitrogens with zero attached hydrogens (tertiary/aromatic N) is 1. The van der Waals surface area contributed by atoms with Crippen LogP contribution in [0, 0.1) is 0 Å². The van der Waals surface area contributed by atoms with E-state index in [9.17, 15) is 4.79 Å². The monoisotopic (exact) mass is 420 g/mol. The molecule has 0 aromatic heterocycles. The fraction of sp³-hybridized carbons (Fsp3) is 0.409. The molecule has 2 N–H and O–H groups in total. The first kappa shape index (κ1) is 22.8. The molecule has 0 saturated carbocycles. The summed E-state index contributed by atoms with van der Waals surface area (Å²) in [4.78, 5) is 15.0. The molecule has 1 heterocycles. The molecular weight excluding hydrogens is 392 g/mol. The number of carbonyl (C=O) groups excluding carboxylic acids is 1. The quantitative estimate of drug-likeness (QED) is 0.739. The summed E-state index contributed by atoms with van der Waals surface area (Å²) < 4.78 is 17.0. The number of hydrogen-bond donors (Lipinski definition) is 1. The molecule has 0 spiro atoms. The van der Waals surface area contributed by atoms with Gasteiger partial charge in [-0.15, -0.1) is 12.4 Å². The van der Waals surface area contributed by atoms with Crippen molar-refractivity contribution in [1.29, 1.82) is 0 Å². The number of carbonyl (C=O) groups is 1. The number of likely N-dealkylation sites (tertiary alicyclic amines) is 1. The van der Waals surface area contributed by atoms with Crippen LogP contribution in [-0.4, -0.2) is 44.2 Å². The molecule has 0 radical (unpaired) electrons. The second-order valence-electron chi connectivity index (χ2n) is 6.87. The molecular formula is C22H29ClN2O4. The van der Waals surface area contributed by atoms with Crippen LogP contribution in [0.1, 0.15) is 35.2 Å². The van der Waals surface area contributed by atoms with Gasteiger partial charge in [-0.25, -0.2) is 0 Å². The Labute approximate surface area is 178 Å². The number of methoxy groups -OCH3 is 2. The number of piperidine rings is 1. The zero-order valence-corrected chi connectivity index (χ0v) is 17.7. The summed E-state index contributed by atoms with van der Waals surface area (Å²) in [6.07, 6.45) is 3.04. The molecule has 1 atom stereocenters. The molecule has 158 valence electrons. The molecule has 3 rings (SSSR count). The van der Waals surface area contributed by atoms with E-state index in [4.69, 9.17) is 19.9 Å². The molecule has 1 saturated heterocycles. The summed E-state index contributed by atoms with van der Waals surface area (Å²) in [6.45, 7) is 1.57. The van der Waals surface area contributed by atoms with Crippen molar-refractivity contribution in [3.8, 4) is 17.2 Å². The van der Waals surface area contributed by atoms with E-state index in [2.05, 4.69) is 0 Å². The molecule has 7 heteroatoms. The summed E-state index contributed by atoms with van der Waals surface area (Å²) in [6, 6.07) is 13.4. The number of rotatable bonds is 7. The van der Waals surface area contributed by atoms with Crippen LogP contribution in [0.3, 0.4) is 0 Å². The first-order valence-corrected chi connectivity index (χ1v) is 9.61. The first-order valence-electron chi connectivity index (χ1n) is 9.61. The van der Waals surface area contributed by atoms with E-state index in [1.54, 1.807) is 26.4 Å². The third-order valence-corrected chi connectivity index (χ3v) is 5.09. The lowest BCUT2D eigenvalue weighted by molar-refractivity contribution is 0.0622. The molecule has 1 amide bonds. The Morgan fingerprint density at radius 1 is 1.10 bits per heavy atom.